The maximum absolute atomic E-state index is 12.0. The van der Waals surface area contributed by atoms with E-state index in [9.17, 15) is 14.9 Å². The number of nitrogens with zero attached hydrogens (tertiary/aromatic N) is 2. The normalized spacial score (nSPS) is 9.81. The van der Waals surface area contributed by atoms with Gasteiger partial charge >= 0.3 is 0 Å². The van der Waals surface area contributed by atoms with E-state index in [0.717, 1.165) is 0 Å². The summed E-state index contributed by atoms with van der Waals surface area (Å²) in [5, 5.41) is 21.7. The van der Waals surface area contributed by atoms with Gasteiger partial charge in [-0.15, -0.1) is 0 Å². The molecular weight excluding hydrogens is 338 g/mol. The highest BCUT2D eigenvalue weighted by Gasteiger charge is 2.07. The van der Waals surface area contributed by atoms with Gasteiger partial charge in [0.05, 0.1) is 17.6 Å². The van der Waals surface area contributed by atoms with Gasteiger partial charge in [0.15, 0.2) is 6.61 Å². The Morgan fingerprint density at radius 1 is 1.15 bits per heavy atom. The first-order chi connectivity index (χ1) is 12.6. The molecule has 1 N–H and O–H groups in total. The van der Waals surface area contributed by atoms with E-state index in [0.29, 0.717) is 36.6 Å². The van der Waals surface area contributed by atoms with Crippen molar-refractivity contribution in [1.29, 1.82) is 5.26 Å². The Labute approximate surface area is 150 Å². The summed E-state index contributed by atoms with van der Waals surface area (Å²) in [6.45, 7) is 0.194. The highest BCUT2D eigenvalue weighted by Crippen LogP contribution is 2.19. The van der Waals surface area contributed by atoms with Gasteiger partial charge < -0.3 is 14.8 Å². The summed E-state index contributed by atoms with van der Waals surface area (Å²) in [5.74, 6) is 0.585. The lowest BCUT2D eigenvalue weighted by Crippen LogP contribution is -2.20. The fourth-order valence-electron chi connectivity index (χ4n) is 2.01. The summed E-state index contributed by atoms with van der Waals surface area (Å²) in [5.41, 5.74) is 0.508. The van der Waals surface area contributed by atoms with Crippen LogP contribution in [0.4, 0.5) is 11.4 Å². The van der Waals surface area contributed by atoms with Crippen molar-refractivity contribution in [2.45, 2.75) is 12.8 Å². The molecule has 0 atom stereocenters. The molecule has 1 amide bonds. The van der Waals surface area contributed by atoms with Gasteiger partial charge in [0.2, 0.25) is 0 Å². The van der Waals surface area contributed by atoms with Gasteiger partial charge in [-0.3, -0.25) is 14.9 Å². The van der Waals surface area contributed by atoms with E-state index in [-0.39, 0.29) is 18.2 Å². The number of carbonyl (C=O) groups excluding carboxylic acids is 1. The number of hydrogen-bond acceptors (Lipinski definition) is 6. The summed E-state index contributed by atoms with van der Waals surface area (Å²) in [6, 6.07) is 14.4. The maximum Gasteiger partial charge on any atom is 0.269 e. The van der Waals surface area contributed by atoms with Crippen molar-refractivity contribution < 1.29 is 19.2 Å². The van der Waals surface area contributed by atoms with Crippen LogP contribution < -0.4 is 14.8 Å². The molecule has 8 nitrogen and oxygen atoms in total. The van der Waals surface area contributed by atoms with Gasteiger partial charge in [0.25, 0.3) is 11.6 Å². The molecular formula is C18H17N3O5. The number of nitriles is 1. The van der Waals surface area contributed by atoms with Crippen molar-refractivity contribution in [2.24, 2.45) is 0 Å². The van der Waals surface area contributed by atoms with Crippen LogP contribution in [0, 0.1) is 21.4 Å². The first-order valence-electron chi connectivity index (χ1n) is 7.85. The number of carbonyl (C=O) groups is 1. The van der Waals surface area contributed by atoms with Crippen molar-refractivity contribution in [3.8, 4) is 17.6 Å². The van der Waals surface area contributed by atoms with E-state index in [1.807, 2.05) is 6.07 Å². The Kier molecular flexibility index (Phi) is 6.94. The third kappa shape index (κ3) is 6.13. The van der Waals surface area contributed by atoms with Crippen molar-refractivity contribution in [3.05, 3.63) is 58.6 Å². The zero-order chi connectivity index (χ0) is 18.8. The Hall–Kier alpha value is -3.60. The SMILES string of the molecule is N#CCCCOc1cccc(NC(=O)COc2ccc([N+](=O)[O-])cc2)c1. The van der Waals surface area contributed by atoms with Crippen molar-refractivity contribution >= 4 is 17.3 Å². The van der Waals surface area contributed by atoms with Crippen LogP contribution in [-0.2, 0) is 4.79 Å². The number of nitro benzene ring substituents is 1. The highest BCUT2D eigenvalue weighted by molar-refractivity contribution is 5.92. The number of ether oxygens (including phenoxy) is 2. The molecule has 0 radical (unpaired) electrons. The van der Waals surface area contributed by atoms with Crippen LogP contribution in [-0.4, -0.2) is 24.0 Å². The molecule has 0 aromatic heterocycles. The van der Waals surface area contributed by atoms with E-state index < -0.39 is 4.92 Å². The van der Waals surface area contributed by atoms with Gasteiger partial charge in [0, 0.05) is 30.3 Å². The molecule has 0 heterocycles. The minimum absolute atomic E-state index is 0.0478. The number of nitro groups is 1. The molecule has 2 rings (SSSR count). The van der Waals surface area contributed by atoms with Gasteiger partial charge in [-0.25, -0.2) is 0 Å². The van der Waals surface area contributed by atoms with E-state index in [2.05, 4.69) is 5.32 Å². The Bertz CT molecular complexity index is 799. The zero-order valence-corrected chi connectivity index (χ0v) is 13.9. The lowest BCUT2D eigenvalue weighted by atomic mass is 10.3. The number of non-ortho nitro benzene ring substituents is 1. The minimum Gasteiger partial charge on any atom is -0.493 e. The van der Waals surface area contributed by atoms with Crippen LogP contribution >= 0.6 is 0 Å². The third-order valence-corrected chi connectivity index (χ3v) is 3.24. The molecule has 0 aliphatic carbocycles. The molecule has 0 bridgehead atoms. The number of unbranched alkanes of at least 4 members (excludes halogenated alkanes) is 1. The first-order valence-corrected chi connectivity index (χ1v) is 7.85. The van der Waals surface area contributed by atoms with Crippen LogP contribution in [0.5, 0.6) is 11.5 Å². The second kappa shape index (κ2) is 9.64. The molecule has 2 aromatic rings. The summed E-state index contributed by atoms with van der Waals surface area (Å²) < 4.78 is 10.8. The average Bonchev–Trinajstić information content (AvgIpc) is 2.64. The summed E-state index contributed by atoms with van der Waals surface area (Å²) in [7, 11) is 0. The van der Waals surface area contributed by atoms with Gasteiger partial charge in [-0.2, -0.15) is 5.26 Å². The fourth-order valence-corrected chi connectivity index (χ4v) is 2.01. The molecule has 0 spiro atoms. The Balaban J connectivity index is 1.81. The molecule has 26 heavy (non-hydrogen) atoms. The minimum atomic E-state index is -0.508. The summed E-state index contributed by atoms with van der Waals surface area (Å²) in [6.07, 6.45) is 1.06. The molecule has 0 saturated heterocycles. The monoisotopic (exact) mass is 355 g/mol. The molecule has 0 aliphatic heterocycles. The third-order valence-electron chi connectivity index (χ3n) is 3.24. The van der Waals surface area contributed by atoms with Crippen molar-refractivity contribution in [1.82, 2.24) is 0 Å². The maximum atomic E-state index is 12.0. The second-order valence-corrected chi connectivity index (χ2v) is 5.23. The van der Waals surface area contributed by atoms with Gasteiger partial charge in [-0.1, -0.05) is 6.07 Å². The molecule has 0 saturated carbocycles. The quantitative estimate of drug-likeness (QED) is 0.419. The molecule has 134 valence electrons. The standard InChI is InChI=1S/C18H17N3O5/c19-10-1-2-11-25-17-5-3-4-14(12-17)20-18(22)13-26-16-8-6-15(7-9-16)21(23)24/h3-9,12H,1-2,11,13H2,(H,20,22). The largest absolute Gasteiger partial charge is 0.493 e. The molecule has 0 fully saturated rings. The highest BCUT2D eigenvalue weighted by atomic mass is 16.6. The Morgan fingerprint density at radius 3 is 2.62 bits per heavy atom. The second-order valence-electron chi connectivity index (χ2n) is 5.23. The van der Waals surface area contributed by atoms with Crippen LogP contribution in [0.15, 0.2) is 48.5 Å². The van der Waals surface area contributed by atoms with E-state index in [1.54, 1.807) is 24.3 Å². The predicted octanol–water partition coefficient (Wildman–Crippen LogP) is 3.29. The molecule has 0 unspecified atom stereocenters. The van der Waals surface area contributed by atoms with Crippen LogP contribution in [0.3, 0.4) is 0 Å². The zero-order valence-electron chi connectivity index (χ0n) is 13.9. The van der Waals surface area contributed by atoms with Gasteiger partial charge in [-0.05, 0) is 30.7 Å². The van der Waals surface area contributed by atoms with E-state index in [1.165, 1.54) is 24.3 Å². The number of amides is 1. The van der Waals surface area contributed by atoms with E-state index in [4.69, 9.17) is 14.7 Å². The smallest absolute Gasteiger partial charge is 0.269 e. The van der Waals surface area contributed by atoms with Gasteiger partial charge in [0.1, 0.15) is 11.5 Å². The number of benzene rings is 2. The van der Waals surface area contributed by atoms with Crippen molar-refractivity contribution in [3.63, 3.8) is 0 Å². The summed E-state index contributed by atoms with van der Waals surface area (Å²) >= 11 is 0. The molecule has 8 heteroatoms. The van der Waals surface area contributed by atoms with Crippen LogP contribution in [0.25, 0.3) is 0 Å². The van der Waals surface area contributed by atoms with Crippen LogP contribution in [0.1, 0.15) is 12.8 Å². The Morgan fingerprint density at radius 2 is 1.92 bits per heavy atom. The lowest BCUT2D eigenvalue weighted by molar-refractivity contribution is -0.384. The number of nitrogens with one attached hydrogen (secondary N) is 1. The predicted molar refractivity (Wildman–Crippen MR) is 94.0 cm³/mol. The number of hydrogen-bond donors (Lipinski definition) is 1. The van der Waals surface area contributed by atoms with E-state index >= 15 is 0 Å². The van der Waals surface area contributed by atoms with Crippen molar-refractivity contribution in [2.75, 3.05) is 18.5 Å². The average molecular weight is 355 g/mol. The summed E-state index contributed by atoms with van der Waals surface area (Å²) in [4.78, 5) is 22.0. The molecule has 2 aromatic carbocycles. The number of anilines is 1. The lowest BCUT2D eigenvalue weighted by Gasteiger charge is -2.09. The molecule has 0 aliphatic rings. The van der Waals surface area contributed by atoms with Crippen LogP contribution in [0.2, 0.25) is 0 Å². The fraction of sp³-hybridized carbons (Fsp3) is 0.222. The number of rotatable bonds is 9. The topological polar surface area (TPSA) is 114 Å². The first kappa shape index (κ1) is 18.7.